The molecule has 2 unspecified atom stereocenters. The van der Waals surface area contributed by atoms with Crippen molar-refractivity contribution in [3.63, 3.8) is 0 Å². The normalized spacial score (nSPS) is 27.4. The average Bonchev–Trinajstić information content (AvgIpc) is 3.06. The quantitative estimate of drug-likeness (QED) is 0.694. The second-order valence-corrected chi connectivity index (χ2v) is 11.4. The molecule has 2 atom stereocenters. The molecule has 33 heavy (non-hydrogen) atoms. The third kappa shape index (κ3) is 3.82. The van der Waals surface area contributed by atoms with E-state index in [0.717, 1.165) is 30.0 Å². The average molecular weight is 471 g/mol. The molecule has 3 amide bonds. The fraction of sp³-hybridized carbons (Fsp3) is 0.500. The fourth-order valence-corrected chi connectivity index (χ4v) is 6.87. The first-order valence-corrected chi connectivity index (χ1v) is 13.1. The van der Waals surface area contributed by atoms with Gasteiger partial charge in [0.2, 0.25) is 10.0 Å². The predicted octanol–water partition coefficient (Wildman–Crippen LogP) is 2.60. The molecule has 1 spiro atoms. The first-order chi connectivity index (χ1) is 15.8. The van der Waals surface area contributed by atoms with Gasteiger partial charge in [-0.05, 0) is 41.7 Å². The number of imide groups is 1. The van der Waals surface area contributed by atoms with Gasteiger partial charge in [0.25, 0.3) is 5.91 Å². The highest BCUT2D eigenvalue weighted by molar-refractivity contribution is 7.89. The van der Waals surface area contributed by atoms with Crippen molar-refractivity contribution in [3.05, 3.63) is 42.5 Å². The summed E-state index contributed by atoms with van der Waals surface area (Å²) in [5, 5.41) is 4.87. The summed E-state index contributed by atoms with van der Waals surface area (Å²) >= 11 is 0. The number of sulfonamides is 1. The Bertz CT molecular complexity index is 1190. The SMILES string of the molecule is CC1CCCCC12NC(=O)N(CN1CCN(S(=O)(=O)c3ccc4ccccc4c3)CC1)C2=O. The largest absolute Gasteiger partial charge is 0.326 e. The Morgan fingerprint density at radius 1 is 1.00 bits per heavy atom. The smallest absolute Gasteiger partial charge is 0.323 e. The van der Waals surface area contributed by atoms with Crippen LogP contribution < -0.4 is 5.32 Å². The second-order valence-electron chi connectivity index (χ2n) is 9.45. The molecule has 2 aliphatic heterocycles. The van der Waals surface area contributed by atoms with Gasteiger partial charge in [-0.25, -0.2) is 18.1 Å². The van der Waals surface area contributed by atoms with Gasteiger partial charge in [0.05, 0.1) is 11.6 Å². The van der Waals surface area contributed by atoms with Crippen LogP contribution in [0.2, 0.25) is 0 Å². The maximum Gasteiger partial charge on any atom is 0.326 e. The van der Waals surface area contributed by atoms with Gasteiger partial charge in [0, 0.05) is 26.2 Å². The predicted molar refractivity (Wildman–Crippen MR) is 125 cm³/mol. The summed E-state index contributed by atoms with van der Waals surface area (Å²) in [4.78, 5) is 29.4. The van der Waals surface area contributed by atoms with E-state index >= 15 is 0 Å². The molecule has 1 saturated carbocycles. The third-order valence-corrected chi connectivity index (χ3v) is 9.43. The van der Waals surface area contributed by atoms with Crippen LogP contribution in [0.4, 0.5) is 4.79 Å². The van der Waals surface area contributed by atoms with E-state index < -0.39 is 15.6 Å². The summed E-state index contributed by atoms with van der Waals surface area (Å²) in [5.74, 6) is -0.0115. The Morgan fingerprint density at radius 2 is 1.73 bits per heavy atom. The molecule has 2 saturated heterocycles. The van der Waals surface area contributed by atoms with Gasteiger partial charge in [0.1, 0.15) is 5.54 Å². The molecule has 0 aromatic heterocycles. The molecule has 2 aromatic rings. The number of benzene rings is 2. The van der Waals surface area contributed by atoms with E-state index in [0.29, 0.717) is 32.6 Å². The highest BCUT2D eigenvalue weighted by Crippen LogP contribution is 2.38. The number of carbonyl (C=O) groups is 2. The molecule has 9 heteroatoms. The first kappa shape index (κ1) is 22.3. The van der Waals surface area contributed by atoms with Gasteiger partial charge in [-0.15, -0.1) is 0 Å². The second kappa shape index (κ2) is 8.38. The summed E-state index contributed by atoms with van der Waals surface area (Å²) in [5.41, 5.74) is -0.767. The zero-order valence-electron chi connectivity index (χ0n) is 18.9. The number of hydrogen-bond acceptors (Lipinski definition) is 5. The van der Waals surface area contributed by atoms with Gasteiger partial charge < -0.3 is 5.32 Å². The maximum absolute atomic E-state index is 13.2. The minimum Gasteiger partial charge on any atom is -0.323 e. The first-order valence-electron chi connectivity index (χ1n) is 11.7. The van der Waals surface area contributed by atoms with Crippen LogP contribution in [0, 0.1) is 5.92 Å². The van der Waals surface area contributed by atoms with Crippen molar-refractivity contribution in [2.45, 2.75) is 43.0 Å². The highest BCUT2D eigenvalue weighted by Gasteiger charge is 2.55. The van der Waals surface area contributed by atoms with Crippen LogP contribution in [0.5, 0.6) is 0 Å². The molecule has 8 nitrogen and oxygen atoms in total. The van der Waals surface area contributed by atoms with Crippen LogP contribution in [0.15, 0.2) is 47.4 Å². The lowest BCUT2D eigenvalue weighted by atomic mass is 9.73. The van der Waals surface area contributed by atoms with Crippen molar-refractivity contribution < 1.29 is 18.0 Å². The molecule has 0 radical (unpaired) electrons. The zero-order valence-corrected chi connectivity index (χ0v) is 19.7. The molecule has 176 valence electrons. The van der Waals surface area contributed by atoms with Crippen LogP contribution in [-0.4, -0.2) is 72.8 Å². The van der Waals surface area contributed by atoms with Gasteiger partial charge >= 0.3 is 6.03 Å². The summed E-state index contributed by atoms with van der Waals surface area (Å²) in [6.45, 7) is 3.81. The monoisotopic (exact) mass is 470 g/mol. The van der Waals surface area contributed by atoms with Crippen molar-refractivity contribution >= 4 is 32.7 Å². The Morgan fingerprint density at radius 3 is 2.45 bits per heavy atom. The molecule has 5 rings (SSSR count). The molecule has 3 aliphatic rings. The lowest BCUT2D eigenvalue weighted by molar-refractivity contribution is -0.135. The number of piperazine rings is 1. The van der Waals surface area contributed by atoms with Gasteiger partial charge in [-0.2, -0.15) is 4.31 Å². The van der Waals surface area contributed by atoms with Gasteiger partial charge in [-0.3, -0.25) is 9.69 Å². The minimum absolute atomic E-state index is 0.122. The number of carbonyl (C=O) groups excluding carboxylic acids is 2. The molecular weight excluding hydrogens is 440 g/mol. The molecular formula is C24H30N4O4S. The van der Waals surface area contributed by atoms with Crippen LogP contribution in [-0.2, 0) is 14.8 Å². The zero-order chi connectivity index (χ0) is 23.2. The van der Waals surface area contributed by atoms with Crippen LogP contribution in [0.1, 0.15) is 32.6 Å². The van der Waals surface area contributed by atoms with Crippen LogP contribution >= 0.6 is 0 Å². The number of nitrogens with one attached hydrogen (secondary N) is 1. The van der Waals surface area contributed by atoms with Crippen LogP contribution in [0.25, 0.3) is 10.8 Å². The number of rotatable bonds is 4. The Labute approximate surface area is 194 Å². The van der Waals surface area contributed by atoms with Crippen molar-refractivity contribution in [3.8, 4) is 0 Å². The lowest BCUT2D eigenvalue weighted by Crippen LogP contribution is -2.55. The minimum atomic E-state index is -3.61. The summed E-state index contributed by atoms with van der Waals surface area (Å²) < 4.78 is 27.9. The molecule has 2 heterocycles. The Hall–Kier alpha value is -2.49. The number of fused-ring (bicyclic) bond motifs is 1. The van der Waals surface area contributed by atoms with E-state index in [4.69, 9.17) is 0 Å². The van der Waals surface area contributed by atoms with Gasteiger partial charge in [0.15, 0.2) is 0 Å². The number of urea groups is 1. The van der Waals surface area contributed by atoms with Crippen molar-refractivity contribution in [1.82, 2.24) is 19.4 Å². The van der Waals surface area contributed by atoms with Crippen molar-refractivity contribution in [2.75, 3.05) is 32.8 Å². The molecule has 3 fully saturated rings. The summed E-state index contributed by atoms with van der Waals surface area (Å²) in [7, 11) is -3.61. The number of hydrogen-bond donors (Lipinski definition) is 1. The van der Waals surface area contributed by atoms with E-state index in [1.54, 1.807) is 12.1 Å². The Kier molecular flexibility index (Phi) is 5.66. The van der Waals surface area contributed by atoms with Gasteiger partial charge in [-0.1, -0.05) is 50.1 Å². The standard InChI is InChI=1S/C24H30N4O4S/c1-18-6-4-5-11-24(18)22(29)28(23(30)25-24)17-26-12-14-27(15-13-26)33(31,32)21-10-9-19-7-2-3-8-20(19)16-21/h2-3,7-10,16,18H,4-6,11-15,17H2,1H3,(H,25,30). The lowest BCUT2D eigenvalue weighted by Gasteiger charge is -2.38. The summed E-state index contributed by atoms with van der Waals surface area (Å²) in [6.07, 6.45) is 3.65. The number of amides is 3. The Balaban J connectivity index is 1.24. The van der Waals surface area contributed by atoms with Crippen LogP contribution in [0.3, 0.4) is 0 Å². The molecule has 0 bridgehead atoms. The molecule has 1 aliphatic carbocycles. The molecule has 2 aromatic carbocycles. The molecule has 1 N–H and O–H groups in total. The third-order valence-electron chi connectivity index (χ3n) is 7.53. The van der Waals surface area contributed by atoms with E-state index in [1.165, 1.54) is 9.21 Å². The maximum atomic E-state index is 13.2. The topological polar surface area (TPSA) is 90.0 Å². The summed E-state index contributed by atoms with van der Waals surface area (Å²) in [6, 6.07) is 12.6. The van der Waals surface area contributed by atoms with E-state index in [-0.39, 0.29) is 29.4 Å². The van der Waals surface area contributed by atoms with E-state index in [2.05, 4.69) is 5.32 Å². The van der Waals surface area contributed by atoms with E-state index in [9.17, 15) is 18.0 Å². The fourth-order valence-electron chi connectivity index (χ4n) is 5.41. The number of nitrogens with zero attached hydrogens (tertiary/aromatic N) is 3. The highest BCUT2D eigenvalue weighted by atomic mass is 32.2. The van der Waals surface area contributed by atoms with Crippen molar-refractivity contribution in [2.24, 2.45) is 5.92 Å². The van der Waals surface area contributed by atoms with E-state index in [1.807, 2.05) is 42.2 Å². The van der Waals surface area contributed by atoms with Crippen molar-refractivity contribution in [1.29, 1.82) is 0 Å².